The number of hydrogen-bond acceptors (Lipinski definition) is 5. The Kier molecular flexibility index (Phi) is 3.79. The topological polar surface area (TPSA) is 91.4 Å². The first-order valence-corrected chi connectivity index (χ1v) is 5.96. The molecule has 1 heterocycles. The Morgan fingerprint density at radius 3 is 2.75 bits per heavy atom. The molecule has 0 aliphatic carbocycles. The molecule has 0 unspecified atom stereocenters. The van der Waals surface area contributed by atoms with Gasteiger partial charge in [-0.3, -0.25) is 24.3 Å². The highest BCUT2D eigenvalue weighted by molar-refractivity contribution is 5.82. The van der Waals surface area contributed by atoms with Crippen LogP contribution in [0.1, 0.15) is 6.92 Å². The summed E-state index contributed by atoms with van der Waals surface area (Å²) < 4.78 is 6.04. The summed E-state index contributed by atoms with van der Waals surface area (Å²) in [6, 6.07) is 6.87. The lowest BCUT2D eigenvalue weighted by molar-refractivity contribution is -0.384. The molecule has 2 rings (SSSR count). The van der Waals surface area contributed by atoms with Crippen LogP contribution in [0.2, 0.25) is 0 Å². The molecule has 0 fully saturated rings. The van der Waals surface area contributed by atoms with E-state index in [4.69, 9.17) is 4.74 Å². The zero-order valence-corrected chi connectivity index (χ0v) is 10.7. The lowest BCUT2D eigenvalue weighted by Crippen LogP contribution is -2.25. The minimum Gasteiger partial charge on any atom is -0.465 e. The van der Waals surface area contributed by atoms with E-state index in [-0.39, 0.29) is 24.4 Å². The molecule has 0 saturated heterocycles. The number of pyridine rings is 1. The van der Waals surface area contributed by atoms with E-state index in [1.54, 1.807) is 6.92 Å². The van der Waals surface area contributed by atoms with Gasteiger partial charge in [0, 0.05) is 23.6 Å². The number of nitrogens with zero attached hydrogens (tertiary/aromatic N) is 2. The van der Waals surface area contributed by atoms with Crippen molar-refractivity contribution in [2.75, 3.05) is 6.61 Å². The average Bonchev–Trinajstić information content (AvgIpc) is 2.41. The van der Waals surface area contributed by atoms with Crippen molar-refractivity contribution in [1.29, 1.82) is 0 Å². The number of nitro benzene ring substituents is 1. The molecule has 0 radical (unpaired) electrons. The third kappa shape index (κ3) is 2.66. The number of benzene rings is 1. The van der Waals surface area contributed by atoms with Crippen LogP contribution in [-0.2, 0) is 16.1 Å². The van der Waals surface area contributed by atoms with Crippen molar-refractivity contribution in [2.45, 2.75) is 13.5 Å². The minimum absolute atomic E-state index is 0.0705. The second kappa shape index (κ2) is 5.52. The fourth-order valence-corrected chi connectivity index (χ4v) is 1.90. The summed E-state index contributed by atoms with van der Waals surface area (Å²) in [5.74, 6) is -0.527. The molecule has 0 aliphatic heterocycles. The number of fused-ring (bicyclic) bond motifs is 1. The number of rotatable bonds is 4. The third-order valence-electron chi connectivity index (χ3n) is 2.78. The monoisotopic (exact) mass is 276 g/mol. The highest BCUT2D eigenvalue weighted by Gasteiger charge is 2.12. The first-order chi connectivity index (χ1) is 9.52. The van der Waals surface area contributed by atoms with E-state index in [9.17, 15) is 19.7 Å². The van der Waals surface area contributed by atoms with Crippen LogP contribution >= 0.6 is 0 Å². The maximum atomic E-state index is 11.8. The molecule has 104 valence electrons. The largest absolute Gasteiger partial charge is 0.465 e. The van der Waals surface area contributed by atoms with E-state index in [1.165, 1.54) is 34.9 Å². The lowest BCUT2D eigenvalue weighted by Gasteiger charge is -2.09. The van der Waals surface area contributed by atoms with Crippen LogP contribution in [0.4, 0.5) is 5.69 Å². The van der Waals surface area contributed by atoms with E-state index in [0.29, 0.717) is 10.9 Å². The first kappa shape index (κ1) is 13.7. The number of carbonyl (C=O) groups excluding carboxylic acids is 1. The predicted molar refractivity (Wildman–Crippen MR) is 71.5 cm³/mol. The van der Waals surface area contributed by atoms with Crippen molar-refractivity contribution in [3.05, 3.63) is 50.8 Å². The molecule has 0 saturated carbocycles. The molecule has 1 aromatic carbocycles. The fraction of sp³-hybridized carbons (Fsp3) is 0.231. The van der Waals surface area contributed by atoms with Gasteiger partial charge in [0.05, 0.1) is 17.0 Å². The van der Waals surface area contributed by atoms with Gasteiger partial charge in [-0.25, -0.2) is 0 Å². The second-order valence-electron chi connectivity index (χ2n) is 4.06. The highest BCUT2D eigenvalue weighted by Crippen LogP contribution is 2.19. The maximum absolute atomic E-state index is 11.8. The molecular formula is C13H12N2O5. The van der Waals surface area contributed by atoms with Crippen LogP contribution in [0.25, 0.3) is 10.9 Å². The Labute approximate surface area is 113 Å². The predicted octanol–water partition coefficient (Wildman–Crippen LogP) is 1.47. The molecule has 0 aliphatic rings. The lowest BCUT2D eigenvalue weighted by atomic mass is 10.2. The van der Waals surface area contributed by atoms with Crippen LogP contribution in [-0.4, -0.2) is 22.1 Å². The zero-order valence-electron chi connectivity index (χ0n) is 10.7. The normalized spacial score (nSPS) is 10.4. The number of carbonyl (C=O) groups is 1. The molecule has 0 atom stereocenters. The third-order valence-corrected chi connectivity index (χ3v) is 2.78. The summed E-state index contributed by atoms with van der Waals surface area (Å²) in [5.41, 5.74) is 0.0226. The first-order valence-electron chi connectivity index (χ1n) is 5.96. The molecule has 0 spiro atoms. The summed E-state index contributed by atoms with van der Waals surface area (Å²) in [7, 11) is 0. The molecule has 7 heteroatoms. The molecule has 1 aromatic heterocycles. The van der Waals surface area contributed by atoms with Gasteiger partial charge < -0.3 is 4.74 Å². The van der Waals surface area contributed by atoms with Gasteiger partial charge in [-0.15, -0.1) is 0 Å². The Morgan fingerprint density at radius 2 is 2.10 bits per heavy atom. The van der Waals surface area contributed by atoms with Crippen LogP contribution < -0.4 is 5.56 Å². The zero-order chi connectivity index (χ0) is 14.7. The van der Waals surface area contributed by atoms with Gasteiger partial charge in [0.1, 0.15) is 6.54 Å². The smallest absolute Gasteiger partial charge is 0.326 e. The summed E-state index contributed by atoms with van der Waals surface area (Å²) in [4.78, 5) is 33.5. The van der Waals surface area contributed by atoms with E-state index < -0.39 is 10.9 Å². The molecule has 0 amide bonds. The number of hydrogen-bond donors (Lipinski definition) is 0. The summed E-state index contributed by atoms with van der Waals surface area (Å²) in [6.07, 6.45) is 0. The standard InChI is InChI=1S/C13H12N2O5/c1-2-20-13(17)8-14-11-5-4-10(15(18)19)7-9(11)3-6-12(14)16/h3-7H,2,8H2,1H3. The van der Waals surface area contributed by atoms with Crippen LogP contribution in [0, 0.1) is 10.1 Å². The van der Waals surface area contributed by atoms with E-state index in [1.807, 2.05) is 0 Å². The number of ether oxygens (including phenoxy) is 1. The van der Waals surface area contributed by atoms with Gasteiger partial charge >= 0.3 is 5.97 Å². The van der Waals surface area contributed by atoms with Gasteiger partial charge in [-0.2, -0.15) is 0 Å². The second-order valence-corrected chi connectivity index (χ2v) is 4.06. The Bertz CT molecular complexity index is 735. The van der Waals surface area contributed by atoms with Gasteiger partial charge in [0.15, 0.2) is 0 Å². The van der Waals surface area contributed by atoms with E-state index in [2.05, 4.69) is 0 Å². The van der Waals surface area contributed by atoms with Crippen molar-refractivity contribution in [1.82, 2.24) is 4.57 Å². The molecule has 0 bridgehead atoms. The number of non-ortho nitro benzene ring substituents is 1. The van der Waals surface area contributed by atoms with Crippen molar-refractivity contribution >= 4 is 22.6 Å². The minimum atomic E-state index is -0.527. The summed E-state index contributed by atoms with van der Waals surface area (Å²) in [6.45, 7) is 1.68. The van der Waals surface area contributed by atoms with E-state index >= 15 is 0 Å². The van der Waals surface area contributed by atoms with Gasteiger partial charge in [0.2, 0.25) is 0 Å². The molecule has 7 nitrogen and oxygen atoms in total. The molecule has 0 N–H and O–H groups in total. The average molecular weight is 276 g/mol. The van der Waals surface area contributed by atoms with Crippen molar-refractivity contribution in [2.24, 2.45) is 0 Å². The maximum Gasteiger partial charge on any atom is 0.326 e. The van der Waals surface area contributed by atoms with E-state index in [0.717, 1.165) is 0 Å². The Hall–Kier alpha value is -2.70. The van der Waals surface area contributed by atoms with Gasteiger partial charge in [-0.1, -0.05) is 0 Å². The van der Waals surface area contributed by atoms with Crippen LogP contribution in [0.15, 0.2) is 35.1 Å². The van der Waals surface area contributed by atoms with Gasteiger partial charge in [-0.05, 0) is 19.1 Å². The fourth-order valence-electron chi connectivity index (χ4n) is 1.90. The molecular weight excluding hydrogens is 264 g/mol. The van der Waals surface area contributed by atoms with Crippen LogP contribution in [0.3, 0.4) is 0 Å². The number of nitro groups is 1. The molecule has 20 heavy (non-hydrogen) atoms. The Morgan fingerprint density at radius 1 is 1.35 bits per heavy atom. The molecule has 2 aromatic rings. The van der Waals surface area contributed by atoms with Crippen molar-refractivity contribution in [3.63, 3.8) is 0 Å². The number of aromatic nitrogens is 1. The number of esters is 1. The Balaban J connectivity index is 2.53. The van der Waals surface area contributed by atoms with Crippen molar-refractivity contribution < 1.29 is 14.5 Å². The SMILES string of the molecule is CCOC(=O)Cn1c(=O)ccc2cc([N+](=O)[O-])ccc21. The summed E-state index contributed by atoms with van der Waals surface area (Å²) >= 11 is 0. The summed E-state index contributed by atoms with van der Waals surface area (Å²) in [5, 5.41) is 11.2. The van der Waals surface area contributed by atoms with Crippen LogP contribution in [0.5, 0.6) is 0 Å². The van der Waals surface area contributed by atoms with Gasteiger partial charge in [0.25, 0.3) is 11.2 Å². The quantitative estimate of drug-likeness (QED) is 0.479. The van der Waals surface area contributed by atoms with Crippen molar-refractivity contribution in [3.8, 4) is 0 Å². The highest BCUT2D eigenvalue weighted by atomic mass is 16.6.